The molecule has 0 radical (unpaired) electrons. The Bertz CT molecular complexity index is 798. The number of hydrogen-bond acceptors (Lipinski definition) is 12. The molecule has 0 saturated carbocycles. The highest BCUT2D eigenvalue weighted by molar-refractivity contribution is 5.66. The Labute approximate surface area is 254 Å². The van der Waals surface area contributed by atoms with Crippen LogP contribution in [0.3, 0.4) is 0 Å². The fraction of sp³-hybridized carbons (Fsp3) is 0.900. The van der Waals surface area contributed by atoms with Gasteiger partial charge in [0.2, 0.25) is 5.79 Å². The first-order chi connectivity index (χ1) is 20.6. The molecule has 2 rings (SSSR count). The Hall–Kier alpha value is -1.23. The SMILES string of the molecule is CCCCCCCC/C=C\CCCCC(CCC(=O)O)OC[C@H]1O[C@H](O[C@]2(CO)O[C@H](CO)[C@@H](O)[C@@H]2O)[C@H](O)[C@@H](O)[C@@H]1O. The van der Waals surface area contributed by atoms with E-state index >= 15 is 0 Å². The van der Waals surface area contributed by atoms with E-state index < -0.39 is 80.1 Å². The lowest BCUT2D eigenvalue weighted by Crippen LogP contribution is -2.63. The molecular weight excluding hydrogens is 568 g/mol. The predicted molar refractivity (Wildman–Crippen MR) is 154 cm³/mol. The summed E-state index contributed by atoms with van der Waals surface area (Å²) in [4.78, 5) is 11.2. The molecule has 2 fully saturated rings. The van der Waals surface area contributed by atoms with Crippen molar-refractivity contribution < 1.29 is 64.6 Å². The number of aliphatic hydroxyl groups excluding tert-OH is 7. The number of allylic oxidation sites excluding steroid dienone is 2. The molecule has 0 aromatic carbocycles. The number of ether oxygens (including phenoxy) is 4. The van der Waals surface area contributed by atoms with Crippen LogP contribution in [0.15, 0.2) is 12.2 Å². The standard InChI is InChI=1S/C30H54O13/c1-2-3-4-5-6-7-8-9-10-11-12-13-14-20(15-16-23(33)34)40-18-22-24(35)26(37)27(38)29(41-22)43-30(19-32)28(39)25(36)21(17-31)42-30/h9-10,20-22,24-29,31-32,35-39H,2-8,11-19H2,1H3,(H,33,34)/b10-9-/t20?,21-,22-,24-,25-,26+,27-,28+,29-,30+/m1/s1. The van der Waals surface area contributed by atoms with Gasteiger partial charge in [0, 0.05) is 6.42 Å². The lowest BCUT2D eigenvalue weighted by atomic mass is 9.98. The molecule has 1 unspecified atom stereocenters. The number of unbranched alkanes of at least 4 members (excludes halogenated alkanes) is 8. The smallest absolute Gasteiger partial charge is 0.303 e. The maximum absolute atomic E-state index is 11.2. The van der Waals surface area contributed by atoms with Gasteiger partial charge < -0.3 is 59.8 Å². The van der Waals surface area contributed by atoms with Crippen LogP contribution in [0.4, 0.5) is 0 Å². The van der Waals surface area contributed by atoms with E-state index in [1.165, 1.54) is 38.5 Å². The first-order valence-electron chi connectivity index (χ1n) is 15.7. The van der Waals surface area contributed by atoms with Gasteiger partial charge in [-0.05, 0) is 38.5 Å². The van der Waals surface area contributed by atoms with Crippen LogP contribution in [0.1, 0.15) is 90.4 Å². The second kappa shape index (κ2) is 20.0. The maximum atomic E-state index is 11.2. The summed E-state index contributed by atoms with van der Waals surface area (Å²) in [6.07, 6.45) is 2.95. The quantitative estimate of drug-likeness (QED) is 0.0618. The minimum absolute atomic E-state index is 0.118. The van der Waals surface area contributed by atoms with E-state index in [-0.39, 0.29) is 19.4 Å². The second-order valence-electron chi connectivity index (χ2n) is 11.6. The monoisotopic (exact) mass is 622 g/mol. The van der Waals surface area contributed by atoms with E-state index in [2.05, 4.69) is 19.1 Å². The molecule has 2 aliphatic heterocycles. The number of aliphatic carboxylic acids is 1. The summed E-state index contributed by atoms with van der Waals surface area (Å²) in [6.45, 7) is 0.255. The summed E-state index contributed by atoms with van der Waals surface area (Å²) < 4.78 is 22.4. The number of carboxylic acids is 1. The molecule has 0 spiro atoms. The molecule has 10 atom stereocenters. The molecule has 8 N–H and O–H groups in total. The van der Waals surface area contributed by atoms with Crippen LogP contribution in [-0.4, -0.2) is 128 Å². The van der Waals surface area contributed by atoms with Gasteiger partial charge in [-0.25, -0.2) is 0 Å². The molecule has 0 aliphatic carbocycles. The van der Waals surface area contributed by atoms with Gasteiger partial charge in [0.1, 0.15) is 49.3 Å². The summed E-state index contributed by atoms with van der Waals surface area (Å²) in [5.74, 6) is -3.25. The lowest BCUT2D eigenvalue weighted by Gasteiger charge is -2.43. The number of carboxylic acid groups (broad SMARTS) is 1. The van der Waals surface area contributed by atoms with Gasteiger partial charge in [-0.3, -0.25) is 4.79 Å². The summed E-state index contributed by atoms with van der Waals surface area (Å²) in [5.41, 5.74) is 0. The van der Waals surface area contributed by atoms with Gasteiger partial charge >= 0.3 is 5.97 Å². The van der Waals surface area contributed by atoms with E-state index in [9.17, 15) is 40.5 Å². The van der Waals surface area contributed by atoms with E-state index in [0.717, 1.165) is 25.7 Å². The molecule has 13 nitrogen and oxygen atoms in total. The fourth-order valence-electron chi connectivity index (χ4n) is 5.36. The van der Waals surface area contributed by atoms with Crippen LogP contribution in [0.25, 0.3) is 0 Å². The first-order valence-corrected chi connectivity index (χ1v) is 15.7. The molecule has 0 amide bonds. The van der Waals surface area contributed by atoms with Crippen molar-refractivity contribution in [2.45, 2.75) is 151 Å². The first kappa shape index (κ1) is 38.0. The van der Waals surface area contributed by atoms with Crippen molar-refractivity contribution in [2.75, 3.05) is 19.8 Å². The number of hydrogen-bond donors (Lipinski definition) is 8. The third kappa shape index (κ3) is 11.9. The average molecular weight is 623 g/mol. The zero-order valence-corrected chi connectivity index (χ0v) is 25.3. The second-order valence-corrected chi connectivity index (χ2v) is 11.6. The molecular formula is C30H54O13. The van der Waals surface area contributed by atoms with Crippen molar-refractivity contribution in [3.63, 3.8) is 0 Å². The van der Waals surface area contributed by atoms with Crippen molar-refractivity contribution in [2.24, 2.45) is 0 Å². The van der Waals surface area contributed by atoms with Gasteiger partial charge in [0.15, 0.2) is 6.29 Å². The molecule has 0 aromatic rings. The third-order valence-electron chi connectivity index (χ3n) is 8.10. The highest BCUT2D eigenvalue weighted by Gasteiger charge is 2.58. The topological polar surface area (TPSA) is 216 Å². The minimum Gasteiger partial charge on any atom is -0.481 e. The molecule has 43 heavy (non-hydrogen) atoms. The lowest BCUT2D eigenvalue weighted by molar-refractivity contribution is -0.384. The van der Waals surface area contributed by atoms with Crippen LogP contribution >= 0.6 is 0 Å². The van der Waals surface area contributed by atoms with Gasteiger partial charge in [0.25, 0.3) is 0 Å². The number of carbonyl (C=O) groups is 1. The molecule has 0 aromatic heterocycles. The van der Waals surface area contributed by atoms with Crippen LogP contribution in [0.5, 0.6) is 0 Å². The Balaban J connectivity index is 1.87. The van der Waals surface area contributed by atoms with Crippen molar-refractivity contribution in [1.82, 2.24) is 0 Å². The van der Waals surface area contributed by atoms with E-state index in [1.807, 2.05) is 0 Å². The minimum atomic E-state index is -2.28. The Morgan fingerprint density at radius 3 is 2.09 bits per heavy atom. The van der Waals surface area contributed by atoms with Crippen LogP contribution in [-0.2, 0) is 23.7 Å². The summed E-state index contributed by atoms with van der Waals surface area (Å²) in [7, 11) is 0. The Morgan fingerprint density at radius 1 is 0.837 bits per heavy atom. The summed E-state index contributed by atoms with van der Waals surface area (Å²) >= 11 is 0. The van der Waals surface area contributed by atoms with E-state index in [4.69, 9.17) is 24.1 Å². The third-order valence-corrected chi connectivity index (χ3v) is 8.10. The molecule has 0 bridgehead atoms. The van der Waals surface area contributed by atoms with Crippen LogP contribution in [0, 0.1) is 0 Å². The molecule has 2 aliphatic rings. The van der Waals surface area contributed by atoms with Gasteiger partial charge in [0.05, 0.1) is 19.3 Å². The number of aliphatic hydroxyl groups is 7. The highest BCUT2D eigenvalue weighted by Crippen LogP contribution is 2.36. The van der Waals surface area contributed by atoms with Crippen molar-refractivity contribution in [3.8, 4) is 0 Å². The summed E-state index contributed by atoms with van der Waals surface area (Å²) in [6, 6.07) is 0. The normalized spacial score (nSPS) is 33.8. The predicted octanol–water partition coefficient (Wildman–Crippen LogP) is 0.729. The molecule has 252 valence electrons. The Morgan fingerprint density at radius 2 is 1.49 bits per heavy atom. The number of rotatable bonds is 22. The molecule has 13 heteroatoms. The zero-order valence-electron chi connectivity index (χ0n) is 25.3. The van der Waals surface area contributed by atoms with Crippen molar-refractivity contribution >= 4 is 5.97 Å². The van der Waals surface area contributed by atoms with Crippen molar-refractivity contribution in [1.29, 1.82) is 0 Å². The molecule has 2 saturated heterocycles. The highest BCUT2D eigenvalue weighted by atomic mass is 16.8. The van der Waals surface area contributed by atoms with Crippen LogP contribution in [0.2, 0.25) is 0 Å². The van der Waals surface area contributed by atoms with E-state index in [0.29, 0.717) is 6.42 Å². The van der Waals surface area contributed by atoms with Crippen LogP contribution < -0.4 is 0 Å². The van der Waals surface area contributed by atoms with Gasteiger partial charge in [-0.2, -0.15) is 0 Å². The van der Waals surface area contributed by atoms with Crippen molar-refractivity contribution in [3.05, 3.63) is 12.2 Å². The summed E-state index contributed by atoms with van der Waals surface area (Å²) in [5, 5.41) is 80.4. The van der Waals surface area contributed by atoms with Gasteiger partial charge in [-0.15, -0.1) is 0 Å². The van der Waals surface area contributed by atoms with E-state index in [1.54, 1.807) is 0 Å². The van der Waals surface area contributed by atoms with Gasteiger partial charge in [-0.1, -0.05) is 57.6 Å². The fourth-order valence-corrected chi connectivity index (χ4v) is 5.36. The average Bonchev–Trinajstić information content (AvgIpc) is 3.24. The molecule has 2 heterocycles. The Kier molecular flexibility index (Phi) is 17.7. The zero-order chi connectivity index (χ0) is 31.8. The maximum Gasteiger partial charge on any atom is 0.303 e. The largest absolute Gasteiger partial charge is 0.481 e.